The molecule has 1 saturated carbocycles. The van der Waals surface area contributed by atoms with Crippen molar-refractivity contribution in [2.75, 3.05) is 42.3 Å². The lowest BCUT2D eigenvalue weighted by atomic mass is 9.80. The first-order valence-electron chi connectivity index (χ1n) is 12.7. The number of aromatic nitrogens is 2. The number of allylic oxidation sites excluding steroid dienone is 1. The molecule has 0 unspecified atom stereocenters. The molecule has 1 aromatic carbocycles. The normalized spacial score (nSPS) is 25.9. The molecule has 36 heavy (non-hydrogen) atoms. The van der Waals surface area contributed by atoms with Gasteiger partial charge in [0, 0.05) is 37.6 Å². The minimum atomic E-state index is -0.293. The highest BCUT2D eigenvalue weighted by molar-refractivity contribution is 6.32. The number of nitrogens with two attached hydrogens (primary N) is 1. The fourth-order valence-electron chi connectivity index (χ4n) is 6.07. The number of carbonyl (C=O) groups is 1. The van der Waals surface area contributed by atoms with E-state index in [-0.39, 0.29) is 35.1 Å². The molecular weight excluding hydrogens is 476 g/mol. The average Bonchev–Trinajstić information content (AvgIpc) is 3.42. The Morgan fingerprint density at radius 1 is 1.31 bits per heavy atom. The Morgan fingerprint density at radius 2 is 2.11 bits per heavy atom. The number of rotatable bonds is 8. The van der Waals surface area contributed by atoms with Crippen LogP contribution in [-0.4, -0.2) is 48.7 Å². The molecule has 0 saturated heterocycles. The van der Waals surface area contributed by atoms with E-state index in [0.29, 0.717) is 23.4 Å². The molecule has 9 heteroatoms. The maximum atomic E-state index is 12.1. The van der Waals surface area contributed by atoms with Crippen molar-refractivity contribution >= 4 is 40.6 Å². The zero-order valence-corrected chi connectivity index (χ0v) is 21.9. The van der Waals surface area contributed by atoms with Crippen LogP contribution >= 0.6 is 11.6 Å². The highest BCUT2D eigenvalue weighted by Gasteiger charge is 2.47. The van der Waals surface area contributed by atoms with Crippen molar-refractivity contribution < 1.29 is 9.53 Å². The van der Waals surface area contributed by atoms with Gasteiger partial charge in [-0.15, -0.1) is 0 Å². The van der Waals surface area contributed by atoms with Gasteiger partial charge in [-0.3, -0.25) is 4.79 Å². The number of carbonyl (C=O) groups excluding carboxylic acids is 1. The van der Waals surface area contributed by atoms with Crippen LogP contribution < -0.4 is 21.3 Å². The molecule has 1 fully saturated rings. The highest BCUT2D eigenvalue weighted by atomic mass is 35.5. The smallest absolute Gasteiger partial charge is 0.229 e. The third-order valence-corrected chi connectivity index (χ3v) is 8.23. The molecule has 0 radical (unpaired) electrons. The molecule has 0 spiro atoms. The highest BCUT2D eigenvalue weighted by Crippen LogP contribution is 2.45. The van der Waals surface area contributed by atoms with Gasteiger partial charge in [0.05, 0.1) is 18.7 Å². The molecule has 2 aliphatic carbocycles. The van der Waals surface area contributed by atoms with Crippen molar-refractivity contribution in [3.8, 4) is 0 Å². The molecule has 2 heterocycles. The predicted molar refractivity (Wildman–Crippen MR) is 144 cm³/mol. The minimum absolute atomic E-state index is 0.0929. The number of anilines is 4. The fraction of sp³-hybridized carbons (Fsp3) is 0.519. The molecule has 1 aliphatic heterocycles. The van der Waals surface area contributed by atoms with Gasteiger partial charge in [0.15, 0.2) is 5.82 Å². The van der Waals surface area contributed by atoms with Crippen LogP contribution in [0.15, 0.2) is 36.5 Å². The topological polar surface area (TPSA) is 105 Å². The van der Waals surface area contributed by atoms with Gasteiger partial charge >= 0.3 is 0 Å². The molecule has 2 bridgehead atoms. The van der Waals surface area contributed by atoms with Crippen LogP contribution in [0.2, 0.25) is 5.02 Å². The SMILES string of the molecule is COCCN1CCCC(C)(C)c2ccc(Nc3ncc(Cl)c(N[C@H]4[C@@H](C(N)=O)[C@@H]5C=C[C@H]4C5)n3)cc21. The van der Waals surface area contributed by atoms with Crippen molar-refractivity contribution in [1.29, 1.82) is 0 Å². The number of benzene rings is 1. The molecule has 8 nitrogen and oxygen atoms in total. The minimum Gasteiger partial charge on any atom is -0.383 e. The first-order valence-corrected chi connectivity index (χ1v) is 13.1. The second-order valence-corrected chi connectivity index (χ2v) is 11.2. The summed E-state index contributed by atoms with van der Waals surface area (Å²) in [5.74, 6) is 0.790. The molecule has 3 aliphatic rings. The Balaban J connectivity index is 1.39. The Labute approximate surface area is 217 Å². The molecule has 192 valence electrons. The van der Waals surface area contributed by atoms with Gasteiger partial charge in [0.25, 0.3) is 0 Å². The number of hydrogen-bond acceptors (Lipinski definition) is 7. The number of nitrogens with one attached hydrogen (secondary N) is 2. The van der Waals surface area contributed by atoms with E-state index in [0.717, 1.165) is 38.0 Å². The maximum absolute atomic E-state index is 12.1. The predicted octanol–water partition coefficient (Wildman–Crippen LogP) is 4.49. The number of hydrogen-bond donors (Lipinski definition) is 3. The molecule has 1 amide bonds. The number of halogens is 1. The van der Waals surface area contributed by atoms with E-state index < -0.39 is 0 Å². The zero-order valence-electron chi connectivity index (χ0n) is 21.1. The number of methoxy groups -OCH3 is 1. The first-order chi connectivity index (χ1) is 17.3. The number of amides is 1. The molecular formula is C27H35ClN6O2. The van der Waals surface area contributed by atoms with Crippen LogP contribution in [0, 0.1) is 17.8 Å². The van der Waals surface area contributed by atoms with E-state index in [1.54, 1.807) is 13.3 Å². The monoisotopic (exact) mass is 510 g/mol. The second-order valence-electron chi connectivity index (χ2n) is 10.8. The molecule has 4 N–H and O–H groups in total. The van der Waals surface area contributed by atoms with Gasteiger partial charge < -0.3 is 26.0 Å². The van der Waals surface area contributed by atoms with Crippen molar-refractivity contribution in [2.24, 2.45) is 23.5 Å². The van der Waals surface area contributed by atoms with Gasteiger partial charge in [-0.1, -0.05) is 43.7 Å². The molecule has 4 atom stereocenters. The van der Waals surface area contributed by atoms with Crippen LogP contribution in [0.25, 0.3) is 0 Å². The van der Waals surface area contributed by atoms with E-state index in [4.69, 9.17) is 22.1 Å². The summed E-state index contributed by atoms with van der Waals surface area (Å²) in [6.07, 6.45) is 9.03. The summed E-state index contributed by atoms with van der Waals surface area (Å²) in [4.78, 5) is 23.6. The lowest BCUT2D eigenvalue weighted by molar-refractivity contribution is -0.122. The summed E-state index contributed by atoms with van der Waals surface area (Å²) < 4.78 is 5.37. The quantitative estimate of drug-likeness (QED) is 0.449. The second kappa shape index (κ2) is 9.90. The van der Waals surface area contributed by atoms with Crippen molar-refractivity contribution in [2.45, 2.75) is 44.6 Å². The van der Waals surface area contributed by atoms with Crippen LogP contribution in [0.4, 0.5) is 23.1 Å². The van der Waals surface area contributed by atoms with E-state index in [2.05, 4.69) is 69.7 Å². The van der Waals surface area contributed by atoms with E-state index in [1.165, 1.54) is 11.3 Å². The van der Waals surface area contributed by atoms with Crippen molar-refractivity contribution in [1.82, 2.24) is 9.97 Å². The number of fused-ring (bicyclic) bond motifs is 3. The fourth-order valence-corrected chi connectivity index (χ4v) is 6.21. The number of ether oxygens (including phenoxy) is 1. The van der Waals surface area contributed by atoms with Crippen LogP contribution in [0.1, 0.15) is 38.7 Å². The Kier molecular flexibility index (Phi) is 6.83. The van der Waals surface area contributed by atoms with Crippen molar-refractivity contribution in [3.63, 3.8) is 0 Å². The standard InChI is InChI=1S/C27H35ClN6O2/c1-27(2)9-4-10-34(11-12-36-3)21-14-18(7-8-19(21)27)31-26-30-15-20(28)25(33-26)32-23-17-6-5-16(13-17)22(23)24(29)35/h5-8,14-17,22-23H,4,9-13H2,1-3H3,(H2,29,35)(H2,30,31,32,33)/t16-,17+,22+,23-/m1/s1. The summed E-state index contributed by atoms with van der Waals surface area (Å²) in [7, 11) is 1.74. The van der Waals surface area contributed by atoms with E-state index in [1.807, 2.05) is 0 Å². The third kappa shape index (κ3) is 4.76. The van der Waals surface area contributed by atoms with Crippen LogP contribution in [0.3, 0.4) is 0 Å². The lowest BCUT2D eigenvalue weighted by Gasteiger charge is -2.29. The van der Waals surface area contributed by atoms with Crippen molar-refractivity contribution in [3.05, 3.63) is 47.1 Å². The third-order valence-electron chi connectivity index (χ3n) is 7.95. The maximum Gasteiger partial charge on any atom is 0.229 e. The van der Waals surface area contributed by atoms with Gasteiger partial charge in [-0.25, -0.2) is 4.98 Å². The summed E-state index contributed by atoms with van der Waals surface area (Å²) in [5.41, 5.74) is 9.27. The van der Waals surface area contributed by atoms with Crippen LogP contribution in [-0.2, 0) is 14.9 Å². The zero-order chi connectivity index (χ0) is 25.4. The van der Waals surface area contributed by atoms with Gasteiger partial charge in [0.1, 0.15) is 5.02 Å². The first kappa shape index (κ1) is 24.8. The van der Waals surface area contributed by atoms with Gasteiger partial charge in [0.2, 0.25) is 11.9 Å². The van der Waals surface area contributed by atoms with Gasteiger partial charge in [-0.2, -0.15) is 4.98 Å². The lowest BCUT2D eigenvalue weighted by Crippen LogP contribution is -2.41. The Morgan fingerprint density at radius 3 is 2.89 bits per heavy atom. The summed E-state index contributed by atoms with van der Waals surface area (Å²) in [6, 6.07) is 6.33. The summed E-state index contributed by atoms with van der Waals surface area (Å²) >= 11 is 6.45. The molecule has 5 rings (SSSR count). The van der Waals surface area contributed by atoms with Gasteiger partial charge in [-0.05, 0) is 54.2 Å². The molecule has 2 aromatic rings. The largest absolute Gasteiger partial charge is 0.383 e. The summed E-state index contributed by atoms with van der Waals surface area (Å²) in [6.45, 7) is 7.13. The number of nitrogens with zero attached hydrogens (tertiary/aromatic N) is 3. The average molecular weight is 511 g/mol. The molecule has 1 aromatic heterocycles. The van der Waals surface area contributed by atoms with E-state index >= 15 is 0 Å². The number of primary amides is 1. The summed E-state index contributed by atoms with van der Waals surface area (Å²) in [5, 5.41) is 7.16. The Hall–Kier alpha value is -2.84. The van der Waals surface area contributed by atoms with E-state index in [9.17, 15) is 4.79 Å². The Bertz CT molecular complexity index is 1170. The van der Waals surface area contributed by atoms with Crippen LogP contribution in [0.5, 0.6) is 0 Å².